The second-order valence-corrected chi connectivity index (χ2v) is 4.86. The van der Waals surface area contributed by atoms with Crippen LogP contribution in [-0.2, 0) is 11.3 Å². The molecule has 0 spiro atoms. The quantitative estimate of drug-likeness (QED) is 0.486. The van der Waals surface area contributed by atoms with Crippen LogP contribution in [0.2, 0.25) is 0 Å². The normalized spacial score (nSPS) is 10.6. The van der Waals surface area contributed by atoms with E-state index in [4.69, 9.17) is 15.9 Å². The van der Waals surface area contributed by atoms with E-state index in [0.717, 1.165) is 5.56 Å². The van der Waals surface area contributed by atoms with Crippen LogP contribution in [-0.4, -0.2) is 24.1 Å². The highest BCUT2D eigenvalue weighted by atomic mass is 19.1. The second kappa shape index (κ2) is 7.00. The third-order valence-corrected chi connectivity index (χ3v) is 3.33. The summed E-state index contributed by atoms with van der Waals surface area (Å²) in [6.45, 7) is 0.945. The number of methoxy groups -OCH3 is 1. The maximum atomic E-state index is 13.1. The number of amidine groups is 1. The summed E-state index contributed by atoms with van der Waals surface area (Å²) in [6.07, 6.45) is 0.645. The summed E-state index contributed by atoms with van der Waals surface area (Å²) in [5.41, 5.74) is 6.66. The first-order valence-electron chi connectivity index (χ1n) is 6.87. The third kappa shape index (κ3) is 3.40. The summed E-state index contributed by atoms with van der Waals surface area (Å²) in [6, 6.07) is 9.17. The molecule has 5 nitrogen and oxygen atoms in total. The molecule has 22 heavy (non-hydrogen) atoms. The Morgan fingerprint density at radius 2 is 1.95 bits per heavy atom. The lowest BCUT2D eigenvalue weighted by Gasteiger charge is -2.14. The Hall–Kier alpha value is -2.47. The van der Waals surface area contributed by atoms with Gasteiger partial charge < -0.3 is 15.0 Å². The maximum absolute atomic E-state index is 13.1. The van der Waals surface area contributed by atoms with Gasteiger partial charge in [-0.1, -0.05) is 0 Å². The van der Waals surface area contributed by atoms with E-state index in [0.29, 0.717) is 25.3 Å². The molecule has 0 bridgehead atoms. The van der Waals surface area contributed by atoms with Crippen LogP contribution in [0.4, 0.5) is 4.39 Å². The molecule has 0 radical (unpaired) electrons. The van der Waals surface area contributed by atoms with Crippen molar-refractivity contribution < 1.29 is 9.13 Å². The molecule has 0 amide bonds. The monoisotopic (exact) mass is 303 g/mol. The van der Waals surface area contributed by atoms with Crippen LogP contribution in [0.5, 0.6) is 0 Å². The number of hydrogen-bond donors (Lipinski definition) is 2. The highest BCUT2D eigenvalue weighted by molar-refractivity contribution is 5.94. The number of rotatable bonds is 6. The van der Waals surface area contributed by atoms with Crippen molar-refractivity contribution in [1.29, 1.82) is 5.41 Å². The van der Waals surface area contributed by atoms with Crippen molar-refractivity contribution in [1.82, 2.24) is 4.57 Å². The summed E-state index contributed by atoms with van der Waals surface area (Å²) in [7, 11) is 1.59. The second-order valence-electron chi connectivity index (χ2n) is 4.86. The summed E-state index contributed by atoms with van der Waals surface area (Å²) >= 11 is 0. The van der Waals surface area contributed by atoms with Gasteiger partial charge in [0.25, 0.3) is 5.56 Å². The van der Waals surface area contributed by atoms with Crippen LogP contribution in [0.3, 0.4) is 0 Å². The Morgan fingerprint density at radius 1 is 1.27 bits per heavy atom. The molecule has 2 rings (SSSR count). The lowest BCUT2D eigenvalue weighted by molar-refractivity contribution is 0.190. The van der Waals surface area contributed by atoms with Gasteiger partial charge in [0.2, 0.25) is 0 Å². The van der Waals surface area contributed by atoms with Crippen molar-refractivity contribution in [2.75, 3.05) is 13.7 Å². The summed E-state index contributed by atoms with van der Waals surface area (Å²) in [5, 5.41) is 7.48. The van der Waals surface area contributed by atoms with Crippen LogP contribution >= 0.6 is 0 Å². The molecule has 1 heterocycles. The van der Waals surface area contributed by atoms with Crippen molar-refractivity contribution in [2.45, 2.75) is 13.0 Å². The van der Waals surface area contributed by atoms with E-state index >= 15 is 0 Å². The fourth-order valence-corrected chi connectivity index (χ4v) is 2.25. The molecule has 2 aromatic rings. The Bertz CT molecular complexity index is 723. The average Bonchev–Trinajstić information content (AvgIpc) is 2.49. The lowest BCUT2D eigenvalue weighted by atomic mass is 10.1. The number of aromatic nitrogens is 1. The average molecular weight is 303 g/mol. The Morgan fingerprint density at radius 3 is 2.55 bits per heavy atom. The molecular weight excluding hydrogens is 285 g/mol. The Kier molecular flexibility index (Phi) is 5.06. The maximum Gasteiger partial charge on any atom is 0.262 e. The molecule has 0 atom stereocenters. The molecule has 6 heteroatoms. The molecule has 0 aliphatic carbocycles. The minimum atomic E-state index is -0.336. The van der Waals surface area contributed by atoms with E-state index in [9.17, 15) is 9.18 Å². The highest BCUT2D eigenvalue weighted by Crippen LogP contribution is 2.19. The number of benzene rings is 1. The topological polar surface area (TPSA) is 81.1 Å². The van der Waals surface area contributed by atoms with Crippen molar-refractivity contribution in [3.63, 3.8) is 0 Å². The minimum absolute atomic E-state index is 0.156. The van der Waals surface area contributed by atoms with Crippen molar-refractivity contribution >= 4 is 5.84 Å². The predicted molar refractivity (Wildman–Crippen MR) is 83.6 cm³/mol. The molecule has 0 saturated heterocycles. The van der Waals surface area contributed by atoms with Crippen LogP contribution in [0.15, 0.2) is 41.2 Å². The predicted octanol–water partition coefficient (Wildman–Crippen LogP) is 1.97. The molecule has 0 saturated carbocycles. The van der Waals surface area contributed by atoms with Crippen LogP contribution in [0.25, 0.3) is 11.3 Å². The highest BCUT2D eigenvalue weighted by Gasteiger charge is 2.12. The van der Waals surface area contributed by atoms with Gasteiger partial charge >= 0.3 is 0 Å². The van der Waals surface area contributed by atoms with E-state index in [1.54, 1.807) is 29.9 Å². The molecule has 0 aliphatic heterocycles. The van der Waals surface area contributed by atoms with E-state index in [2.05, 4.69) is 0 Å². The number of nitrogens with zero attached hydrogens (tertiary/aromatic N) is 1. The van der Waals surface area contributed by atoms with E-state index < -0.39 is 0 Å². The lowest BCUT2D eigenvalue weighted by Crippen LogP contribution is -2.30. The van der Waals surface area contributed by atoms with Gasteiger partial charge in [0.05, 0.1) is 11.3 Å². The van der Waals surface area contributed by atoms with Crippen LogP contribution in [0.1, 0.15) is 12.0 Å². The largest absolute Gasteiger partial charge is 0.385 e. The van der Waals surface area contributed by atoms with Gasteiger partial charge in [0.1, 0.15) is 11.7 Å². The first-order valence-corrected chi connectivity index (χ1v) is 6.87. The van der Waals surface area contributed by atoms with Gasteiger partial charge in [0, 0.05) is 20.3 Å². The minimum Gasteiger partial charge on any atom is -0.385 e. The molecule has 1 aromatic carbocycles. The number of pyridine rings is 1. The van der Waals surface area contributed by atoms with Crippen molar-refractivity contribution in [3.05, 3.63) is 58.1 Å². The fraction of sp³-hybridized carbons (Fsp3) is 0.250. The van der Waals surface area contributed by atoms with Gasteiger partial charge in [0.15, 0.2) is 0 Å². The number of nitrogens with one attached hydrogen (secondary N) is 1. The SMILES string of the molecule is COCCCn1c(-c2ccc(F)cc2)ccc(C(=N)N)c1=O. The number of nitrogen functional groups attached to an aromatic ring is 1. The van der Waals surface area contributed by atoms with Gasteiger partial charge in [-0.05, 0) is 48.4 Å². The van der Waals surface area contributed by atoms with Crippen molar-refractivity contribution in [3.8, 4) is 11.3 Å². The van der Waals surface area contributed by atoms with Crippen LogP contribution in [0, 0.1) is 11.2 Å². The summed E-state index contributed by atoms with van der Waals surface area (Å²) < 4.78 is 19.6. The van der Waals surface area contributed by atoms with E-state index in [1.807, 2.05) is 0 Å². The van der Waals surface area contributed by atoms with Gasteiger partial charge in [-0.3, -0.25) is 10.2 Å². The summed E-state index contributed by atoms with van der Waals surface area (Å²) in [4.78, 5) is 12.5. The molecule has 3 N–H and O–H groups in total. The zero-order valence-electron chi connectivity index (χ0n) is 12.3. The molecule has 116 valence electrons. The smallest absolute Gasteiger partial charge is 0.262 e. The zero-order chi connectivity index (χ0) is 16.1. The standard InChI is InChI=1S/C16H18FN3O2/c1-22-10-2-9-20-14(11-3-5-12(17)6-4-11)8-7-13(15(18)19)16(20)21/h3-8H,2,9-10H2,1H3,(H3,18,19). The number of nitrogens with two attached hydrogens (primary N) is 1. The Labute approximate surface area is 127 Å². The number of ether oxygens (including phenoxy) is 1. The first kappa shape index (κ1) is 15.9. The van der Waals surface area contributed by atoms with Gasteiger partial charge in [-0.25, -0.2) is 4.39 Å². The molecule has 1 aromatic heterocycles. The molecule has 0 aliphatic rings. The van der Waals surface area contributed by atoms with Crippen molar-refractivity contribution in [2.24, 2.45) is 5.73 Å². The van der Waals surface area contributed by atoms with Gasteiger partial charge in [-0.2, -0.15) is 0 Å². The number of halogens is 1. The fourth-order valence-electron chi connectivity index (χ4n) is 2.25. The van der Waals surface area contributed by atoms with Crippen LogP contribution < -0.4 is 11.3 Å². The molecule has 0 fully saturated rings. The van der Waals surface area contributed by atoms with E-state index in [-0.39, 0.29) is 22.8 Å². The third-order valence-electron chi connectivity index (χ3n) is 3.33. The molecule has 0 unspecified atom stereocenters. The van der Waals surface area contributed by atoms with Gasteiger partial charge in [-0.15, -0.1) is 0 Å². The van der Waals surface area contributed by atoms with E-state index in [1.165, 1.54) is 18.2 Å². The zero-order valence-corrected chi connectivity index (χ0v) is 12.3. The number of hydrogen-bond acceptors (Lipinski definition) is 3. The summed E-state index contributed by atoms with van der Waals surface area (Å²) in [5.74, 6) is -0.603. The Balaban J connectivity index is 2.52. The molecular formula is C16H18FN3O2. The first-order chi connectivity index (χ1) is 10.5.